The van der Waals surface area contributed by atoms with Crippen molar-refractivity contribution in [2.45, 2.75) is 24.4 Å². The molecule has 3 rings (SSSR count). The monoisotopic (exact) mass is 523 g/mol. The molecule has 5 nitrogen and oxygen atoms in total. The second-order valence-corrected chi connectivity index (χ2v) is 7.50. The lowest BCUT2D eigenvalue weighted by molar-refractivity contribution is -0.0447. The van der Waals surface area contributed by atoms with Gasteiger partial charge in [-0.2, -0.15) is 0 Å². The van der Waals surface area contributed by atoms with E-state index in [2.05, 4.69) is 55.4 Å². The number of halogens is 2. The highest BCUT2D eigenvalue weighted by atomic mass is 127. The predicted octanol–water partition coefficient (Wildman–Crippen LogP) is 3.02. The maximum absolute atomic E-state index is 5.73. The largest absolute Gasteiger partial charge is 0.382 e. The highest BCUT2D eigenvalue weighted by Crippen LogP contribution is 2.48. The first-order valence-electron chi connectivity index (χ1n) is 8.49. The minimum Gasteiger partial charge on any atom is -0.382 e. The van der Waals surface area contributed by atoms with E-state index >= 15 is 0 Å². The van der Waals surface area contributed by atoms with Gasteiger partial charge in [0.1, 0.15) is 0 Å². The van der Waals surface area contributed by atoms with E-state index < -0.39 is 0 Å². The third-order valence-electron chi connectivity index (χ3n) is 4.88. The molecule has 1 heterocycles. The van der Waals surface area contributed by atoms with Gasteiger partial charge in [-0.05, 0) is 30.5 Å². The van der Waals surface area contributed by atoms with Crippen LogP contribution >= 0.6 is 39.9 Å². The molecule has 0 amide bonds. The Morgan fingerprint density at radius 1 is 1.48 bits per heavy atom. The summed E-state index contributed by atoms with van der Waals surface area (Å²) in [7, 11) is 3.56. The van der Waals surface area contributed by atoms with E-state index in [1.165, 1.54) is 18.4 Å². The molecule has 1 aliphatic heterocycles. The second kappa shape index (κ2) is 9.53. The Bertz CT molecular complexity index is 593. The standard InChI is InChI=1S/C18H26BrN3O2.HI/c1-20-17(22-8-9-24-16(11-22)12-23-2)21-13-18(6-7-18)14-4-3-5-15(19)10-14;/h3-5,10,16H,6-9,11-13H2,1-2H3,(H,20,21);1H. The van der Waals surface area contributed by atoms with Crippen molar-refractivity contribution in [3.05, 3.63) is 34.3 Å². The van der Waals surface area contributed by atoms with Gasteiger partial charge in [-0.15, -0.1) is 24.0 Å². The minimum absolute atomic E-state index is 0. The summed E-state index contributed by atoms with van der Waals surface area (Å²) in [5.74, 6) is 0.959. The fraction of sp³-hybridized carbons (Fsp3) is 0.611. The number of nitrogens with zero attached hydrogens (tertiary/aromatic N) is 2. The fourth-order valence-electron chi connectivity index (χ4n) is 3.32. The number of benzene rings is 1. The van der Waals surface area contributed by atoms with Crippen molar-refractivity contribution in [3.8, 4) is 0 Å². The molecule has 2 aliphatic rings. The molecule has 1 aromatic carbocycles. The van der Waals surface area contributed by atoms with E-state index in [-0.39, 0.29) is 35.5 Å². The molecule has 1 saturated carbocycles. The summed E-state index contributed by atoms with van der Waals surface area (Å²) in [5.41, 5.74) is 1.65. The Labute approximate surface area is 175 Å². The van der Waals surface area contributed by atoms with Crippen molar-refractivity contribution < 1.29 is 9.47 Å². The third-order valence-corrected chi connectivity index (χ3v) is 5.37. The summed E-state index contributed by atoms with van der Waals surface area (Å²) in [6.07, 6.45) is 2.56. The lowest BCUT2D eigenvalue weighted by Crippen LogP contribution is -2.52. The minimum atomic E-state index is 0. The van der Waals surface area contributed by atoms with Crippen LogP contribution in [0.5, 0.6) is 0 Å². The molecule has 0 radical (unpaired) electrons. The molecule has 1 N–H and O–H groups in total. The van der Waals surface area contributed by atoms with Crippen LogP contribution in [0.1, 0.15) is 18.4 Å². The number of nitrogens with one attached hydrogen (secondary N) is 1. The van der Waals surface area contributed by atoms with E-state index in [1.807, 2.05) is 7.05 Å². The van der Waals surface area contributed by atoms with E-state index in [4.69, 9.17) is 9.47 Å². The summed E-state index contributed by atoms with van der Waals surface area (Å²) in [6, 6.07) is 8.66. The number of guanidine groups is 1. The summed E-state index contributed by atoms with van der Waals surface area (Å²) in [5, 5.41) is 3.59. The summed E-state index contributed by atoms with van der Waals surface area (Å²) < 4.78 is 12.1. The molecule has 1 aromatic rings. The fourth-order valence-corrected chi connectivity index (χ4v) is 3.71. The molecule has 140 valence electrons. The Kier molecular flexibility index (Phi) is 7.97. The highest BCUT2D eigenvalue weighted by molar-refractivity contribution is 14.0. The molecule has 25 heavy (non-hydrogen) atoms. The number of methoxy groups -OCH3 is 1. The Balaban J connectivity index is 0.00000225. The highest BCUT2D eigenvalue weighted by Gasteiger charge is 2.44. The van der Waals surface area contributed by atoms with E-state index in [0.29, 0.717) is 13.2 Å². The molecule has 0 spiro atoms. The van der Waals surface area contributed by atoms with Gasteiger partial charge >= 0.3 is 0 Å². The first kappa shape index (κ1) is 20.9. The van der Waals surface area contributed by atoms with Crippen molar-refractivity contribution in [1.82, 2.24) is 10.2 Å². The molecule has 1 atom stereocenters. The van der Waals surface area contributed by atoms with E-state index in [0.717, 1.165) is 30.1 Å². The van der Waals surface area contributed by atoms with E-state index in [1.54, 1.807) is 7.11 Å². The van der Waals surface area contributed by atoms with Gasteiger partial charge in [0.2, 0.25) is 0 Å². The Hall–Kier alpha value is -0.380. The number of hydrogen-bond donors (Lipinski definition) is 1. The zero-order chi connectivity index (χ0) is 17.0. The summed E-state index contributed by atoms with van der Waals surface area (Å²) >= 11 is 3.58. The molecule has 1 saturated heterocycles. The van der Waals surface area contributed by atoms with Crippen molar-refractivity contribution >= 4 is 45.9 Å². The predicted molar refractivity (Wildman–Crippen MR) is 115 cm³/mol. The number of rotatable bonds is 5. The zero-order valence-corrected chi connectivity index (χ0v) is 18.7. The van der Waals surface area contributed by atoms with Crippen molar-refractivity contribution in [2.75, 3.05) is 47.0 Å². The van der Waals surface area contributed by atoms with Crippen LogP contribution < -0.4 is 5.32 Å². The second-order valence-electron chi connectivity index (χ2n) is 6.59. The van der Waals surface area contributed by atoms with Gasteiger partial charge < -0.3 is 19.7 Å². The van der Waals surface area contributed by atoms with Crippen molar-refractivity contribution in [2.24, 2.45) is 4.99 Å². The number of ether oxygens (including phenoxy) is 2. The van der Waals surface area contributed by atoms with Crippen LogP contribution in [-0.4, -0.2) is 64.0 Å². The van der Waals surface area contributed by atoms with Crippen LogP contribution in [0.3, 0.4) is 0 Å². The lowest BCUT2D eigenvalue weighted by Gasteiger charge is -2.35. The smallest absolute Gasteiger partial charge is 0.193 e. The molecule has 2 fully saturated rings. The van der Waals surface area contributed by atoms with Crippen LogP contribution in [0, 0.1) is 0 Å². The molecular formula is C18H27BrIN3O2. The quantitative estimate of drug-likeness (QED) is 0.366. The molecule has 1 unspecified atom stereocenters. The normalized spacial score (nSPS) is 22.3. The van der Waals surface area contributed by atoms with Crippen LogP contribution in [0.4, 0.5) is 0 Å². The van der Waals surface area contributed by atoms with Gasteiger partial charge in [0.05, 0.1) is 19.3 Å². The molecule has 1 aliphatic carbocycles. The topological polar surface area (TPSA) is 46.1 Å². The maximum Gasteiger partial charge on any atom is 0.193 e. The first-order valence-corrected chi connectivity index (χ1v) is 9.28. The number of morpholine rings is 1. The SMILES string of the molecule is CN=C(NCC1(c2cccc(Br)c2)CC1)N1CCOC(COC)C1.I. The van der Waals surface area contributed by atoms with Crippen LogP contribution in [0.2, 0.25) is 0 Å². The summed E-state index contributed by atoms with van der Waals surface area (Å²) in [6.45, 7) is 3.94. The van der Waals surface area contributed by atoms with Crippen molar-refractivity contribution in [3.63, 3.8) is 0 Å². The van der Waals surface area contributed by atoms with Crippen molar-refractivity contribution in [1.29, 1.82) is 0 Å². The number of aliphatic imine (C=N–C) groups is 1. The van der Waals surface area contributed by atoms with Crippen LogP contribution in [-0.2, 0) is 14.9 Å². The average molecular weight is 524 g/mol. The lowest BCUT2D eigenvalue weighted by atomic mass is 9.96. The number of hydrogen-bond acceptors (Lipinski definition) is 3. The average Bonchev–Trinajstić information content (AvgIpc) is 3.37. The van der Waals surface area contributed by atoms with Gasteiger partial charge in [-0.25, -0.2) is 0 Å². The molecule has 7 heteroatoms. The Morgan fingerprint density at radius 3 is 2.92 bits per heavy atom. The first-order chi connectivity index (χ1) is 11.7. The van der Waals surface area contributed by atoms with Gasteiger partial charge in [-0.1, -0.05) is 28.1 Å². The third kappa shape index (κ3) is 5.30. The molecule has 0 aromatic heterocycles. The Morgan fingerprint density at radius 2 is 2.28 bits per heavy atom. The van der Waals surface area contributed by atoms with Crippen LogP contribution in [0.15, 0.2) is 33.7 Å². The van der Waals surface area contributed by atoms with E-state index in [9.17, 15) is 0 Å². The zero-order valence-electron chi connectivity index (χ0n) is 14.8. The maximum atomic E-state index is 5.73. The van der Waals surface area contributed by atoms with Gasteiger partial charge in [0.25, 0.3) is 0 Å². The van der Waals surface area contributed by atoms with Crippen LogP contribution in [0.25, 0.3) is 0 Å². The van der Waals surface area contributed by atoms with Gasteiger partial charge in [-0.3, -0.25) is 4.99 Å². The van der Waals surface area contributed by atoms with Gasteiger partial charge in [0.15, 0.2) is 5.96 Å². The summed E-state index contributed by atoms with van der Waals surface area (Å²) in [4.78, 5) is 6.74. The van der Waals surface area contributed by atoms with Gasteiger partial charge in [0, 0.05) is 43.7 Å². The molecular weight excluding hydrogens is 497 g/mol. The molecule has 0 bridgehead atoms.